The van der Waals surface area contributed by atoms with Crippen molar-refractivity contribution in [3.63, 3.8) is 0 Å². The van der Waals surface area contributed by atoms with Gasteiger partial charge in [0.25, 0.3) is 0 Å². The lowest BCUT2D eigenvalue weighted by atomic mass is 10.1. The third-order valence-corrected chi connectivity index (χ3v) is 4.10. The van der Waals surface area contributed by atoms with E-state index in [2.05, 4.69) is 20.0 Å². The maximum Gasteiger partial charge on any atom is 0.229 e. The first kappa shape index (κ1) is 17.7. The molecular formula is C18H18N4O3S. The van der Waals surface area contributed by atoms with Crippen LogP contribution in [-0.2, 0) is 10.0 Å². The summed E-state index contributed by atoms with van der Waals surface area (Å²) in [7, 11) is -1.67. The Balaban J connectivity index is 1.78. The topological polar surface area (TPSA) is 93.2 Å². The molecule has 0 fully saturated rings. The Morgan fingerprint density at radius 1 is 0.962 bits per heavy atom. The Hall–Kier alpha value is -3.13. The molecule has 0 aliphatic heterocycles. The molecular weight excluding hydrogens is 352 g/mol. The molecule has 0 saturated heterocycles. The highest BCUT2D eigenvalue weighted by molar-refractivity contribution is 7.92. The number of methoxy groups -OCH3 is 1. The molecule has 0 atom stereocenters. The zero-order chi connectivity index (χ0) is 18.6. The third-order valence-electron chi connectivity index (χ3n) is 3.49. The Morgan fingerprint density at radius 3 is 2.38 bits per heavy atom. The first-order chi connectivity index (χ1) is 12.4. The van der Waals surface area contributed by atoms with Crippen LogP contribution in [0.5, 0.6) is 5.75 Å². The molecule has 1 heterocycles. The zero-order valence-corrected chi connectivity index (χ0v) is 15.1. The quantitative estimate of drug-likeness (QED) is 0.692. The van der Waals surface area contributed by atoms with E-state index in [1.807, 2.05) is 30.3 Å². The van der Waals surface area contributed by atoms with E-state index in [9.17, 15) is 8.42 Å². The number of hydrogen-bond donors (Lipinski definition) is 2. The summed E-state index contributed by atoms with van der Waals surface area (Å²) in [6, 6.07) is 16.3. The minimum absolute atomic E-state index is 0.498. The lowest BCUT2D eigenvalue weighted by Gasteiger charge is -2.09. The van der Waals surface area contributed by atoms with Gasteiger partial charge in [-0.3, -0.25) is 4.72 Å². The molecule has 0 aliphatic rings. The molecule has 7 nitrogen and oxygen atoms in total. The highest BCUT2D eigenvalue weighted by Gasteiger charge is 2.05. The number of sulfonamides is 1. The van der Waals surface area contributed by atoms with Crippen molar-refractivity contribution in [2.45, 2.75) is 0 Å². The van der Waals surface area contributed by atoms with Gasteiger partial charge in [0.05, 0.1) is 19.1 Å². The average molecular weight is 370 g/mol. The van der Waals surface area contributed by atoms with Crippen LogP contribution in [0, 0.1) is 0 Å². The second-order valence-electron chi connectivity index (χ2n) is 5.60. The van der Waals surface area contributed by atoms with E-state index >= 15 is 0 Å². The second kappa shape index (κ2) is 7.40. The fraction of sp³-hybridized carbons (Fsp3) is 0.111. The number of rotatable bonds is 6. The summed E-state index contributed by atoms with van der Waals surface area (Å²) >= 11 is 0. The number of ether oxygens (including phenoxy) is 1. The van der Waals surface area contributed by atoms with Gasteiger partial charge in [-0.25, -0.2) is 18.4 Å². The molecule has 3 aromatic rings. The van der Waals surface area contributed by atoms with Gasteiger partial charge < -0.3 is 10.1 Å². The summed E-state index contributed by atoms with van der Waals surface area (Å²) in [6.07, 6.45) is 2.59. The second-order valence-corrected chi connectivity index (χ2v) is 7.35. The van der Waals surface area contributed by atoms with E-state index in [1.165, 1.54) is 6.33 Å². The zero-order valence-electron chi connectivity index (χ0n) is 14.3. The number of nitrogens with one attached hydrogen (secondary N) is 2. The van der Waals surface area contributed by atoms with Crippen LogP contribution in [0.1, 0.15) is 0 Å². The van der Waals surface area contributed by atoms with Crippen LogP contribution >= 0.6 is 0 Å². The molecule has 0 amide bonds. The Bertz CT molecular complexity index is 1000. The van der Waals surface area contributed by atoms with Crippen molar-refractivity contribution in [2.24, 2.45) is 0 Å². The molecule has 2 aromatic carbocycles. The number of anilines is 3. The highest BCUT2D eigenvalue weighted by atomic mass is 32.2. The summed E-state index contributed by atoms with van der Waals surface area (Å²) in [5.41, 5.74) is 2.96. The third kappa shape index (κ3) is 4.70. The largest absolute Gasteiger partial charge is 0.497 e. The smallest absolute Gasteiger partial charge is 0.229 e. The van der Waals surface area contributed by atoms with Crippen LogP contribution in [0.4, 0.5) is 17.2 Å². The summed E-state index contributed by atoms with van der Waals surface area (Å²) in [5, 5.41) is 3.17. The minimum Gasteiger partial charge on any atom is -0.497 e. The van der Waals surface area contributed by atoms with Gasteiger partial charge in [0.2, 0.25) is 10.0 Å². The molecule has 26 heavy (non-hydrogen) atoms. The predicted molar refractivity (Wildman–Crippen MR) is 102 cm³/mol. The number of nitrogens with zero attached hydrogens (tertiary/aromatic N) is 2. The average Bonchev–Trinajstić information content (AvgIpc) is 2.62. The molecule has 3 rings (SSSR count). The van der Waals surface area contributed by atoms with Crippen molar-refractivity contribution >= 4 is 27.2 Å². The molecule has 0 spiro atoms. The molecule has 0 radical (unpaired) electrons. The number of benzene rings is 2. The van der Waals surface area contributed by atoms with Crippen LogP contribution in [0.15, 0.2) is 60.9 Å². The van der Waals surface area contributed by atoms with Gasteiger partial charge in [-0.05, 0) is 36.4 Å². The van der Waals surface area contributed by atoms with Crippen LogP contribution in [0.25, 0.3) is 11.3 Å². The lowest BCUT2D eigenvalue weighted by molar-refractivity contribution is 0.415. The Labute approximate surface area is 152 Å². The van der Waals surface area contributed by atoms with E-state index in [0.29, 0.717) is 11.5 Å². The van der Waals surface area contributed by atoms with E-state index in [-0.39, 0.29) is 0 Å². The molecule has 0 saturated carbocycles. The normalized spacial score (nSPS) is 11.0. The lowest BCUT2D eigenvalue weighted by Crippen LogP contribution is -2.09. The van der Waals surface area contributed by atoms with Crippen molar-refractivity contribution in [1.29, 1.82) is 0 Å². The van der Waals surface area contributed by atoms with Crippen LogP contribution in [-0.4, -0.2) is 31.8 Å². The number of aromatic nitrogens is 2. The van der Waals surface area contributed by atoms with Gasteiger partial charge in [0.15, 0.2) is 0 Å². The minimum atomic E-state index is -3.29. The first-order valence-corrected chi connectivity index (χ1v) is 9.63. The predicted octanol–water partition coefficient (Wildman–Crippen LogP) is 3.27. The van der Waals surface area contributed by atoms with Gasteiger partial charge in [0.1, 0.15) is 17.9 Å². The maximum atomic E-state index is 11.2. The molecule has 134 valence electrons. The molecule has 0 bridgehead atoms. The summed E-state index contributed by atoms with van der Waals surface area (Å²) < 4.78 is 30.1. The van der Waals surface area contributed by atoms with Crippen molar-refractivity contribution in [2.75, 3.05) is 23.4 Å². The fourth-order valence-electron chi connectivity index (χ4n) is 2.35. The van der Waals surface area contributed by atoms with Crippen molar-refractivity contribution in [1.82, 2.24) is 9.97 Å². The van der Waals surface area contributed by atoms with Crippen molar-refractivity contribution < 1.29 is 13.2 Å². The maximum absolute atomic E-state index is 11.2. The molecule has 8 heteroatoms. The van der Waals surface area contributed by atoms with Crippen molar-refractivity contribution in [3.05, 3.63) is 60.9 Å². The van der Waals surface area contributed by atoms with Gasteiger partial charge in [-0.15, -0.1) is 0 Å². The summed E-state index contributed by atoms with van der Waals surface area (Å²) in [5.74, 6) is 1.38. The van der Waals surface area contributed by atoms with Crippen LogP contribution in [0.3, 0.4) is 0 Å². The Kier molecular flexibility index (Phi) is 5.04. The van der Waals surface area contributed by atoms with Crippen LogP contribution < -0.4 is 14.8 Å². The molecule has 1 aromatic heterocycles. The van der Waals surface area contributed by atoms with E-state index < -0.39 is 10.0 Å². The Morgan fingerprint density at radius 2 is 1.69 bits per heavy atom. The summed E-state index contributed by atoms with van der Waals surface area (Å²) in [6.45, 7) is 0. The van der Waals surface area contributed by atoms with Gasteiger partial charge >= 0.3 is 0 Å². The van der Waals surface area contributed by atoms with E-state index in [1.54, 1.807) is 31.4 Å². The van der Waals surface area contributed by atoms with Crippen LogP contribution in [0.2, 0.25) is 0 Å². The standard InChI is InChI=1S/C18H18N4O3S/c1-25-16-5-3-4-13(10-16)17-11-18(20-12-19-17)21-14-6-8-15(9-7-14)22-26(2,23)24/h3-12,22H,1-2H3,(H,19,20,21). The first-order valence-electron chi connectivity index (χ1n) is 7.74. The fourth-order valence-corrected chi connectivity index (χ4v) is 2.91. The van der Waals surface area contributed by atoms with Crippen molar-refractivity contribution in [3.8, 4) is 17.0 Å². The van der Waals surface area contributed by atoms with Gasteiger partial charge in [0, 0.05) is 23.0 Å². The highest BCUT2D eigenvalue weighted by Crippen LogP contribution is 2.24. The van der Waals surface area contributed by atoms with Gasteiger partial charge in [-0.1, -0.05) is 12.1 Å². The number of hydrogen-bond acceptors (Lipinski definition) is 6. The molecule has 2 N–H and O–H groups in total. The molecule has 0 aliphatic carbocycles. The monoisotopic (exact) mass is 370 g/mol. The van der Waals surface area contributed by atoms with E-state index in [4.69, 9.17) is 4.74 Å². The van der Waals surface area contributed by atoms with E-state index in [0.717, 1.165) is 29.0 Å². The summed E-state index contributed by atoms with van der Waals surface area (Å²) in [4.78, 5) is 8.52. The molecule has 0 unspecified atom stereocenters. The SMILES string of the molecule is COc1cccc(-c2cc(Nc3ccc(NS(C)(=O)=O)cc3)ncn2)c1. The van der Waals surface area contributed by atoms with Gasteiger partial charge in [-0.2, -0.15) is 0 Å².